The molecule has 0 aromatic carbocycles. The average molecular weight is 793 g/mol. The third kappa shape index (κ3) is 45.7. The molecule has 0 aliphatic heterocycles. The quantitative estimate of drug-likeness (QED) is 0.0379. The van der Waals surface area contributed by atoms with Crippen molar-refractivity contribution < 1.29 is 24.2 Å². The molecule has 0 saturated heterocycles. The molecule has 0 saturated carbocycles. The topological polar surface area (TPSA) is 72.8 Å². The van der Waals surface area contributed by atoms with Crippen LogP contribution in [0.2, 0.25) is 0 Å². The van der Waals surface area contributed by atoms with Gasteiger partial charge in [-0.1, -0.05) is 195 Å². The highest BCUT2D eigenvalue weighted by molar-refractivity contribution is 5.70. The maximum atomic E-state index is 12.2. The van der Waals surface area contributed by atoms with Crippen molar-refractivity contribution in [3.05, 3.63) is 85.1 Å². The summed E-state index contributed by atoms with van der Waals surface area (Å²) in [5, 5.41) is 9.58. The van der Waals surface area contributed by atoms with E-state index in [0.29, 0.717) is 12.8 Å². The largest absolute Gasteiger partial charge is 0.462 e. The first-order valence-electron chi connectivity index (χ1n) is 23.6. The van der Waals surface area contributed by atoms with Gasteiger partial charge in [0.2, 0.25) is 0 Å². The molecule has 0 aliphatic carbocycles. The molecule has 0 fully saturated rings. The number of aliphatic hydroxyl groups is 1. The molecule has 0 amide bonds. The van der Waals surface area contributed by atoms with E-state index in [4.69, 9.17) is 9.47 Å². The molecule has 1 N–H and O–H groups in total. The average Bonchev–Trinajstić information content (AvgIpc) is 3.21. The number of carbonyl (C=O) groups excluding carboxylic acids is 2. The second kappa shape index (κ2) is 47.5. The molecule has 0 aromatic rings. The molecular formula is C52H88O5. The molecule has 0 heterocycles. The SMILES string of the molecule is CC/C=C\C/C=C\C/C=C\C/C=C\C/C=C\C/C=C\CCCCCCCCCCCCCCC(=O)OC(CO)COC(=O)CCCCCCC/C=C\CCCCC. The van der Waals surface area contributed by atoms with E-state index >= 15 is 0 Å². The first kappa shape index (κ1) is 54.1. The molecule has 0 rings (SSSR count). The lowest BCUT2D eigenvalue weighted by atomic mass is 10.0. The van der Waals surface area contributed by atoms with Crippen LogP contribution in [0.4, 0.5) is 0 Å². The summed E-state index contributed by atoms with van der Waals surface area (Å²) >= 11 is 0. The van der Waals surface area contributed by atoms with Crippen molar-refractivity contribution in [1.82, 2.24) is 0 Å². The number of unbranched alkanes of at least 4 members (excludes halogenated alkanes) is 20. The van der Waals surface area contributed by atoms with E-state index in [0.717, 1.165) is 83.5 Å². The predicted molar refractivity (Wildman–Crippen MR) is 246 cm³/mol. The van der Waals surface area contributed by atoms with Crippen molar-refractivity contribution in [3.8, 4) is 0 Å². The number of ether oxygens (including phenoxy) is 2. The van der Waals surface area contributed by atoms with Crippen molar-refractivity contribution in [2.45, 2.75) is 219 Å². The van der Waals surface area contributed by atoms with E-state index < -0.39 is 6.10 Å². The van der Waals surface area contributed by atoms with Gasteiger partial charge in [-0.2, -0.15) is 0 Å². The third-order valence-corrected chi connectivity index (χ3v) is 9.92. The van der Waals surface area contributed by atoms with Crippen LogP contribution in [0.25, 0.3) is 0 Å². The molecule has 57 heavy (non-hydrogen) atoms. The predicted octanol–water partition coefficient (Wildman–Crippen LogP) is 15.5. The summed E-state index contributed by atoms with van der Waals surface area (Å²) in [6.07, 6.45) is 65.3. The summed E-state index contributed by atoms with van der Waals surface area (Å²) < 4.78 is 10.6. The standard InChI is InChI=1S/C52H88O5/c1-3-5-7-9-11-13-15-17-18-19-20-21-22-23-24-25-26-27-28-29-30-31-32-33-34-35-37-39-41-43-45-47-52(55)57-50(48-53)49-56-51(54)46-44-42-40-38-36-16-14-12-10-8-6-4-2/h5,7,11-14,17-18,20-21,23-24,26-27,50,53H,3-4,6,8-10,15-16,19,22,25,28-49H2,1-2H3/b7-5-,13-11-,14-12-,18-17-,21-20-,24-23-,27-26-. The van der Waals surface area contributed by atoms with Gasteiger partial charge < -0.3 is 14.6 Å². The van der Waals surface area contributed by atoms with Crippen LogP contribution in [-0.4, -0.2) is 36.4 Å². The molecule has 0 spiro atoms. The van der Waals surface area contributed by atoms with Crippen LogP contribution in [0, 0.1) is 0 Å². The van der Waals surface area contributed by atoms with Crippen molar-refractivity contribution >= 4 is 11.9 Å². The third-order valence-electron chi connectivity index (χ3n) is 9.92. The Morgan fingerprint density at radius 3 is 1.16 bits per heavy atom. The fourth-order valence-electron chi connectivity index (χ4n) is 6.38. The Bertz CT molecular complexity index is 1080. The van der Waals surface area contributed by atoms with E-state index in [9.17, 15) is 14.7 Å². The van der Waals surface area contributed by atoms with Gasteiger partial charge in [0.1, 0.15) is 6.61 Å². The summed E-state index contributed by atoms with van der Waals surface area (Å²) in [4.78, 5) is 24.3. The van der Waals surface area contributed by atoms with Gasteiger partial charge >= 0.3 is 11.9 Å². The van der Waals surface area contributed by atoms with Crippen LogP contribution in [-0.2, 0) is 19.1 Å². The first-order chi connectivity index (χ1) is 28.1. The second-order valence-electron chi connectivity index (χ2n) is 15.4. The Morgan fingerprint density at radius 1 is 0.421 bits per heavy atom. The van der Waals surface area contributed by atoms with Crippen molar-refractivity contribution in [2.75, 3.05) is 13.2 Å². The van der Waals surface area contributed by atoms with Crippen LogP contribution >= 0.6 is 0 Å². The summed E-state index contributed by atoms with van der Waals surface area (Å²) in [5.41, 5.74) is 0. The summed E-state index contributed by atoms with van der Waals surface area (Å²) in [7, 11) is 0. The summed E-state index contributed by atoms with van der Waals surface area (Å²) in [5.74, 6) is -0.606. The molecule has 0 bridgehead atoms. The minimum atomic E-state index is -0.779. The Hall–Kier alpha value is -2.92. The van der Waals surface area contributed by atoms with Gasteiger partial charge in [0.25, 0.3) is 0 Å². The lowest BCUT2D eigenvalue weighted by Crippen LogP contribution is -2.28. The van der Waals surface area contributed by atoms with E-state index in [1.165, 1.54) is 103 Å². The number of hydrogen-bond donors (Lipinski definition) is 1. The molecule has 5 heteroatoms. The number of aliphatic hydroxyl groups excluding tert-OH is 1. The minimum absolute atomic E-state index is 0.0734. The van der Waals surface area contributed by atoms with Gasteiger partial charge in [0, 0.05) is 12.8 Å². The second-order valence-corrected chi connectivity index (χ2v) is 15.4. The zero-order chi connectivity index (χ0) is 41.4. The zero-order valence-electron chi connectivity index (χ0n) is 37.1. The minimum Gasteiger partial charge on any atom is -0.462 e. The highest BCUT2D eigenvalue weighted by atomic mass is 16.6. The summed E-state index contributed by atoms with van der Waals surface area (Å²) in [6, 6.07) is 0. The van der Waals surface area contributed by atoms with Gasteiger partial charge in [-0.15, -0.1) is 0 Å². The van der Waals surface area contributed by atoms with Gasteiger partial charge in [-0.25, -0.2) is 0 Å². The molecule has 1 atom stereocenters. The van der Waals surface area contributed by atoms with Crippen LogP contribution in [0.1, 0.15) is 213 Å². The normalized spacial score (nSPS) is 13.0. The Balaban J connectivity index is 3.53. The van der Waals surface area contributed by atoms with Gasteiger partial charge in [0.05, 0.1) is 6.61 Å². The van der Waals surface area contributed by atoms with Gasteiger partial charge in [-0.3, -0.25) is 9.59 Å². The lowest BCUT2D eigenvalue weighted by molar-refractivity contribution is -0.161. The number of hydrogen-bond acceptors (Lipinski definition) is 5. The van der Waals surface area contributed by atoms with Crippen molar-refractivity contribution in [2.24, 2.45) is 0 Å². The molecule has 1 unspecified atom stereocenters. The molecule has 0 aliphatic rings. The zero-order valence-corrected chi connectivity index (χ0v) is 37.1. The highest BCUT2D eigenvalue weighted by Gasteiger charge is 2.16. The highest BCUT2D eigenvalue weighted by Crippen LogP contribution is 2.14. The lowest BCUT2D eigenvalue weighted by Gasteiger charge is -2.15. The Morgan fingerprint density at radius 2 is 0.754 bits per heavy atom. The first-order valence-corrected chi connectivity index (χ1v) is 23.6. The monoisotopic (exact) mass is 793 g/mol. The fourth-order valence-corrected chi connectivity index (χ4v) is 6.38. The Labute approximate surface area is 352 Å². The maximum Gasteiger partial charge on any atom is 0.306 e. The van der Waals surface area contributed by atoms with Crippen LogP contribution in [0.5, 0.6) is 0 Å². The smallest absolute Gasteiger partial charge is 0.306 e. The number of rotatable bonds is 42. The molecule has 0 radical (unpaired) electrons. The Kier molecular flexibility index (Phi) is 45.0. The van der Waals surface area contributed by atoms with Crippen molar-refractivity contribution in [3.63, 3.8) is 0 Å². The van der Waals surface area contributed by atoms with Gasteiger partial charge in [0.15, 0.2) is 6.10 Å². The number of esters is 2. The van der Waals surface area contributed by atoms with Gasteiger partial charge in [-0.05, 0) is 89.9 Å². The molecular weight excluding hydrogens is 705 g/mol. The van der Waals surface area contributed by atoms with Crippen LogP contribution < -0.4 is 0 Å². The number of carbonyl (C=O) groups is 2. The van der Waals surface area contributed by atoms with E-state index in [-0.39, 0.29) is 25.2 Å². The number of allylic oxidation sites excluding steroid dienone is 14. The van der Waals surface area contributed by atoms with Crippen molar-refractivity contribution in [1.29, 1.82) is 0 Å². The van der Waals surface area contributed by atoms with E-state index in [1.54, 1.807) is 0 Å². The molecule has 326 valence electrons. The van der Waals surface area contributed by atoms with E-state index in [1.807, 2.05) is 0 Å². The molecule has 0 aromatic heterocycles. The van der Waals surface area contributed by atoms with Crippen LogP contribution in [0.3, 0.4) is 0 Å². The van der Waals surface area contributed by atoms with E-state index in [2.05, 4.69) is 98.9 Å². The maximum absolute atomic E-state index is 12.2. The summed E-state index contributed by atoms with van der Waals surface area (Å²) in [6.45, 7) is 3.99. The fraction of sp³-hybridized carbons (Fsp3) is 0.692. The molecule has 5 nitrogen and oxygen atoms in total. The van der Waals surface area contributed by atoms with Crippen LogP contribution in [0.15, 0.2) is 85.1 Å².